The smallest absolute Gasteiger partial charge is 0.407 e. The van der Waals surface area contributed by atoms with E-state index in [4.69, 9.17) is 9.84 Å². The highest BCUT2D eigenvalue weighted by atomic mass is 32.2. The molecule has 0 radical (unpaired) electrons. The number of hydrogen-bond donors (Lipinski definition) is 3. The summed E-state index contributed by atoms with van der Waals surface area (Å²) in [6, 6.07) is 14.5. The summed E-state index contributed by atoms with van der Waals surface area (Å²) in [7, 11) is -3.46. The van der Waals surface area contributed by atoms with E-state index in [2.05, 4.69) is 10.6 Å². The molecule has 2 amide bonds. The second-order valence-electron chi connectivity index (χ2n) is 9.20. The number of carbonyl (C=O) groups excluding carboxylic acids is 2. The van der Waals surface area contributed by atoms with Crippen LogP contribution < -0.4 is 10.6 Å². The van der Waals surface area contributed by atoms with Gasteiger partial charge in [0.05, 0.1) is 4.75 Å². The molecule has 3 rings (SSSR count). The Labute approximate surface area is 204 Å². The maximum atomic E-state index is 12.7. The monoisotopic (exact) mass is 502 g/mol. The van der Waals surface area contributed by atoms with Gasteiger partial charge in [-0.25, -0.2) is 13.2 Å². The molecule has 1 aliphatic carbocycles. The molecule has 9 nitrogen and oxygen atoms in total. The lowest BCUT2D eigenvalue weighted by Crippen LogP contribution is -2.51. The van der Waals surface area contributed by atoms with E-state index in [1.807, 2.05) is 48.5 Å². The van der Waals surface area contributed by atoms with Crippen molar-refractivity contribution in [2.45, 2.75) is 43.4 Å². The molecular weight excluding hydrogens is 472 g/mol. The van der Waals surface area contributed by atoms with Crippen LogP contribution in [0, 0.1) is 0 Å². The zero-order valence-corrected chi connectivity index (χ0v) is 20.7. The number of benzene rings is 2. The number of hydrogen-bond acceptors (Lipinski definition) is 6. The average molecular weight is 503 g/mol. The summed E-state index contributed by atoms with van der Waals surface area (Å²) >= 11 is 0. The number of aliphatic carboxylic acids is 1. The molecule has 35 heavy (non-hydrogen) atoms. The normalized spacial score (nSPS) is 13.9. The molecule has 0 bridgehead atoms. The van der Waals surface area contributed by atoms with Gasteiger partial charge < -0.3 is 20.5 Å². The minimum Gasteiger partial charge on any atom is -0.481 e. The van der Waals surface area contributed by atoms with Crippen molar-refractivity contribution in [1.82, 2.24) is 10.6 Å². The molecule has 0 spiro atoms. The van der Waals surface area contributed by atoms with Gasteiger partial charge in [0.1, 0.15) is 12.6 Å². The summed E-state index contributed by atoms with van der Waals surface area (Å²) in [5.41, 5.74) is 4.21. The molecule has 2 aromatic rings. The van der Waals surface area contributed by atoms with Crippen molar-refractivity contribution in [1.29, 1.82) is 0 Å². The highest BCUT2D eigenvalue weighted by Gasteiger charge is 2.33. The second-order valence-corrected chi connectivity index (χ2v) is 11.9. The Morgan fingerprint density at radius 2 is 1.57 bits per heavy atom. The topological polar surface area (TPSA) is 139 Å². The van der Waals surface area contributed by atoms with Crippen LogP contribution in [0.15, 0.2) is 48.5 Å². The molecule has 0 heterocycles. The van der Waals surface area contributed by atoms with Gasteiger partial charge in [-0.05, 0) is 42.5 Å². The van der Waals surface area contributed by atoms with Gasteiger partial charge >= 0.3 is 12.1 Å². The van der Waals surface area contributed by atoms with Crippen LogP contribution in [-0.2, 0) is 24.2 Å². The number of amides is 2. The molecular formula is C25H30N2O7S. The molecule has 1 unspecified atom stereocenters. The van der Waals surface area contributed by atoms with Crippen LogP contribution in [0.5, 0.6) is 0 Å². The number of nitrogens with one attached hydrogen (secondary N) is 2. The van der Waals surface area contributed by atoms with Crippen LogP contribution in [-0.4, -0.2) is 61.7 Å². The number of rotatable bonds is 10. The Hall–Kier alpha value is -3.40. The van der Waals surface area contributed by atoms with E-state index in [-0.39, 0.29) is 31.9 Å². The van der Waals surface area contributed by atoms with E-state index in [0.29, 0.717) is 0 Å². The van der Waals surface area contributed by atoms with Gasteiger partial charge in [-0.2, -0.15) is 0 Å². The van der Waals surface area contributed by atoms with Crippen molar-refractivity contribution in [3.63, 3.8) is 0 Å². The molecule has 10 heteroatoms. The van der Waals surface area contributed by atoms with Crippen LogP contribution >= 0.6 is 0 Å². The Morgan fingerprint density at radius 1 is 1.03 bits per heavy atom. The molecule has 0 saturated heterocycles. The number of alkyl carbamates (subject to hydrolysis) is 1. The van der Waals surface area contributed by atoms with Gasteiger partial charge in [-0.3, -0.25) is 9.59 Å². The average Bonchev–Trinajstić information content (AvgIpc) is 3.11. The lowest BCUT2D eigenvalue weighted by molar-refractivity contribution is -0.137. The fourth-order valence-electron chi connectivity index (χ4n) is 3.87. The van der Waals surface area contributed by atoms with Crippen molar-refractivity contribution in [2.24, 2.45) is 0 Å². The van der Waals surface area contributed by atoms with Crippen molar-refractivity contribution in [2.75, 3.05) is 19.4 Å². The molecule has 188 valence electrons. The van der Waals surface area contributed by atoms with E-state index < -0.39 is 38.6 Å². The fourth-order valence-corrected chi connectivity index (χ4v) is 4.21. The zero-order chi connectivity index (χ0) is 25.8. The first-order valence-corrected chi connectivity index (χ1v) is 13.1. The number of carboxylic acids is 1. The largest absolute Gasteiger partial charge is 0.481 e. The number of sulfone groups is 1. The quantitative estimate of drug-likeness (QED) is 0.454. The first-order valence-electron chi connectivity index (χ1n) is 11.2. The van der Waals surface area contributed by atoms with Crippen LogP contribution in [0.3, 0.4) is 0 Å². The minimum absolute atomic E-state index is 0.0360. The maximum Gasteiger partial charge on any atom is 0.407 e. The van der Waals surface area contributed by atoms with Gasteiger partial charge in [0.25, 0.3) is 0 Å². The van der Waals surface area contributed by atoms with Gasteiger partial charge in [-0.15, -0.1) is 0 Å². The second kappa shape index (κ2) is 10.5. The SMILES string of the molecule is CC(C)(CNC(=O)C(CCC(=O)O)NC(=O)OCC1c2ccccc2-c2ccccc21)S(C)(=O)=O. The summed E-state index contributed by atoms with van der Waals surface area (Å²) in [6.45, 7) is 2.77. The highest BCUT2D eigenvalue weighted by Crippen LogP contribution is 2.44. The fraction of sp³-hybridized carbons (Fsp3) is 0.400. The lowest BCUT2D eigenvalue weighted by atomic mass is 9.98. The third kappa shape index (κ3) is 6.19. The predicted molar refractivity (Wildman–Crippen MR) is 131 cm³/mol. The Balaban J connectivity index is 1.66. The summed E-state index contributed by atoms with van der Waals surface area (Å²) in [6.07, 6.45) is -0.336. The first-order chi connectivity index (χ1) is 16.4. The third-order valence-corrected chi connectivity index (χ3v) is 8.44. The Kier molecular flexibility index (Phi) is 7.84. The van der Waals surface area contributed by atoms with E-state index in [0.717, 1.165) is 28.5 Å². The molecule has 3 N–H and O–H groups in total. The van der Waals surface area contributed by atoms with Gasteiger partial charge in [0, 0.05) is 25.1 Å². The number of carbonyl (C=O) groups is 3. The standard InChI is InChI=1S/C25H30N2O7S/c1-25(2,35(3,32)33)15-26-23(30)21(12-13-22(28)29)27-24(31)34-14-20-18-10-6-4-8-16(18)17-9-5-7-11-19(17)20/h4-11,20-21H,12-15H2,1-3H3,(H,26,30)(H,27,31)(H,28,29). The van der Waals surface area contributed by atoms with Crippen molar-refractivity contribution in [3.8, 4) is 11.1 Å². The van der Waals surface area contributed by atoms with Gasteiger partial charge in [-0.1, -0.05) is 48.5 Å². The summed E-state index contributed by atoms with van der Waals surface area (Å²) in [5.74, 6) is -1.99. The summed E-state index contributed by atoms with van der Waals surface area (Å²) in [4.78, 5) is 36.3. The summed E-state index contributed by atoms with van der Waals surface area (Å²) < 4.78 is 28.0. The van der Waals surface area contributed by atoms with E-state index >= 15 is 0 Å². The maximum absolute atomic E-state index is 12.7. The number of carboxylic acid groups (broad SMARTS) is 1. The van der Waals surface area contributed by atoms with Crippen LogP contribution in [0.4, 0.5) is 4.79 Å². The molecule has 2 aromatic carbocycles. The molecule has 1 aliphatic rings. The van der Waals surface area contributed by atoms with E-state index in [1.54, 1.807) is 0 Å². The molecule has 1 atom stereocenters. The van der Waals surface area contributed by atoms with Gasteiger partial charge in [0.15, 0.2) is 9.84 Å². The molecule has 0 aromatic heterocycles. The number of ether oxygens (including phenoxy) is 1. The van der Waals surface area contributed by atoms with Crippen LogP contribution in [0.2, 0.25) is 0 Å². The van der Waals surface area contributed by atoms with E-state index in [1.165, 1.54) is 13.8 Å². The first kappa shape index (κ1) is 26.2. The van der Waals surface area contributed by atoms with Crippen LogP contribution in [0.1, 0.15) is 43.7 Å². The summed E-state index contributed by atoms with van der Waals surface area (Å²) in [5, 5.41) is 14.0. The molecule has 0 fully saturated rings. The third-order valence-electron chi connectivity index (χ3n) is 6.29. The number of fused-ring (bicyclic) bond motifs is 3. The van der Waals surface area contributed by atoms with Gasteiger partial charge in [0.2, 0.25) is 5.91 Å². The van der Waals surface area contributed by atoms with Crippen LogP contribution in [0.25, 0.3) is 11.1 Å². The van der Waals surface area contributed by atoms with Crippen molar-refractivity contribution in [3.05, 3.63) is 59.7 Å². The zero-order valence-electron chi connectivity index (χ0n) is 19.9. The molecule has 0 aliphatic heterocycles. The van der Waals surface area contributed by atoms with Crippen molar-refractivity contribution >= 4 is 27.8 Å². The Bertz CT molecular complexity index is 1180. The van der Waals surface area contributed by atoms with Crippen molar-refractivity contribution < 1.29 is 32.6 Å². The van der Waals surface area contributed by atoms with E-state index in [9.17, 15) is 22.8 Å². The minimum atomic E-state index is -3.46. The lowest BCUT2D eigenvalue weighted by Gasteiger charge is -2.25. The highest BCUT2D eigenvalue weighted by molar-refractivity contribution is 7.92. The Morgan fingerprint density at radius 3 is 2.09 bits per heavy atom. The molecule has 0 saturated carbocycles. The predicted octanol–water partition coefficient (Wildman–Crippen LogP) is 2.70.